The van der Waals surface area contributed by atoms with Crippen LogP contribution in [0.25, 0.3) is 5.69 Å². The van der Waals surface area contributed by atoms with Crippen molar-refractivity contribution >= 4 is 34.6 Å². The number of anilines is 1. The number of rotatable bonds is 4. The van der Waals surface area contributed by atoms with E-state index < -0.39 is 0 Å². The molecule has 1 saturated heterocycles. The molecule has 5 rings (SSSR count). The monoisotopic (exact) mass is 500 g/mol. The van der Waals surface area contributed by atoms with Crippen molar-refractivity contribution in [2.45, 2.75) is 46.7 Å². The summed E-state index contributed by atoms with van der Waals surface area (Å²) in [5, 5.41) is 5.03. The fraction of sp³-hybridized carbons (Fsp3) is 0.241. The topological polar surface area (TPSA) is 33.1 Å². The number of nitrogens with zero attached hydrogens (tertiary/aromatic N) is 3. The number of hydrogen-bond acceptors (Lipinski definition) is 2. The average molecular weight is 501 g/mol. The van der Waals surface area contributed by atoms with Crippen LogP contribution in [0.4, 0.5) is 5.69 Å². The lowest BCUT2D eigenvalue weighted by atomic mass is 9.93. The minimum atomic E-state index is -0.0858. The zero-order valence-corrected chi connectivity index (χ0v) is 22.2. The van der Waals surface area contributed by atoms with Crippen molar-refractivity contribution in [1.29, 1.82) is 0 Å². The van der Waals surface area contributed by atoms with Gasteiger partial charge < -0.3 is 14.8 Å². The summed E-state index contributed by atoms with van der Waals surface area (Å²) in [4.78, 5) is 6.98. The highest BCUT2D eigenvalue weighted by Crippen LogP contribution is 2.45. The van der Waals surface area contributed by atoms with Gasteiger partial charge in [0.05, 0.1) is 17.8 Å². The van der Waals surface area contributed by atoms with Crippen LogP contribution in [-0.4, -0.2) is 14.7 Å². The van der Waals surface area contributed by atoms with Gasteiger partial charge in [-0.3, -0.25) is 4.98 Å². The number of hydrogen-bond donors (Lipinski definition) is 1. The van der Waals surface area contributed by atoms with Gasteiger partial charge in [-0.1, -0.05) is 29.8 Å². The smallest absolute Gasteiger partial charge is 0.174 e. The largest absolute Gasteiger partial charge is 0.351 e. The van der Waals surface area contributed by atoms with E-state index in [0.717, 1.165) is 22.1 Å². The van der Waals surface area contributed by atoms with Crippen molar-refractivity contribution in [2.75, 3.05) is 4.90 Å². The number of pyridine rings is 1. The maximum absolute atomic E-state index is 6.37. The van der Waals surface area contributed by atoms with E-state index in [-0.39, 0.29) is 12.1 Å². The molecule has 35 heavy (non-hydrogen) atoms. The second-order valence-corrected chi connectivity index (χ2v) is 10.1. The molecular weight excluding hydrogens is 472 g/mol. The van der Waals surface area contributed by atoms with Gasteiger partial charge in [-0.2, -0.15) is 0 Å². The minimum Gasteiger partial charge on any atom is -0.351 e. The molecule has 1 fully saturated rings. The Kier molecular flexibility index (Phi) is 6.16. The van der Waals surface area contributed by atoms with Gasteiger partial charge in [-0.15, -0.1) is 0 Å². The quantitative estimate of drug-likeness (QED) is 0.299. The molecule has 1 aliphatic rings. The third kappa shape index (κ3) is 4.03. The van der Waals surface area contributed by atoms with E-state index in [1.54, 1.807) is 0 Å². The van der Waals surface area contributed by atoms with E-state index in [9.17, 15) is 0 Å². The normalized spacial score (nSPS) is 17.7. The maximum Gasteiger partial charge on any atom is 0.174 e. The van der Waals surface area contributed by atoms with E-state index >= 15 is 0 Å². The molecule has 2 atom stereocenters. The summed E-state index contributed by atoms with van der Waals surface area (Å²) in [5.41, 5.74) is 10.5. The Balaban J connectivity index is 1.74. The molecule has 0 unspecified atom stereocenters. The van der Waals surface area contributed by atoms with Crippen LogP contribution >= 0.6 is 23.8 Å². The predicted octanol–water partition coefficient (Wildman–Crippen LogP) is 7.24. The summed E-state index contributed by atoms with van der Waals surface area (Å²) >= 11 is 12.3. The van der Waals surface area contributed by atoms with Gasteiger partial charge in [0.25, 0.3) is 0 Å². The zero-order chi connectivity index (χ0) is 24.9. The summed E-state index contributed by atoms with van der Waals surface area (Å²) in [7, 11) is 0. The Labute approximate surface area is 217 Å². The summed E-state index contributed by atoms with van der Waals surface area (Å²) < 4.78 is 2.30. The predicted molar refractivity (Wildman–Crippen MR) is 149 cm³/mol. The second-order valence-electron chi connectivity index (χ2n) is 9.29. The van der Waals surface area contributed by atoms with Crippen molar-refractivity contribution < 1.29 is 0 Å². The molecule has 178 valence electrons. The summed E-state index contributed by atoms with van der Waals surface area (Å²) in [5.74, 6) is 0. The van der Waals surface area contributed by atoms with Gasteiger partial charge in [0.1, 0.15) is 0 Å². The summed E-state index contributed by atoms with van der Waals surface area (Å²) in [6.45, 7) is 10.8. The Bertz CT molecular complexity index is 1430. The molecule has 0 bridgehead atoms. The molecule has 1 aliphatic heterocycles. The number of aryl methyl sites for hydroxylation is 2. The molecular formula is C29H29ClN4S. The van der Waals surface area contributed by atoms with Crippen LogP contribution in [0, 0.1) is 34.6 Å². The molecule has 2 aromatic heterocycles. The van der Waals surface area contributed by atoms with Crippen LogP contribution in [0.5, 0.6) is 0 Å². The fourth-order valence-corrected chi connectivity index (χ4v) is 5.78. The molecule has 0 aliphatic carbocycles. The first-order valence-electron chi connectivity index (χ1n) is 11.8. The molecule has 6 heteroatoms. The van der Waals surface area contributed by atoms with E-state index in [0.29, 0.717) is 5.11 Å². The van der Waals surface area contributed by atoms with Crippen LogP contribution in [-0.2, 0) is 0 Å². The second kappa shape index (κ2) is 9.14. The van der Waals surface area contributed by atoms with Gasteiger partial charge >= 0.3 is 0 Å². The highest BCUT2D eigenvalue weighted by molar-refractivity contribution is 7.80. The van der Waals surface area contributed by atoms with E-state index in [1.165, 1.54) is 33.6 Å². The van der Waals surface area contributed by atoms with Crippen LogP contribution in [0.15, 0.2) is 66.9 Å². The molecule has 4 aromatic rings. The fourth-order valence-electron chi connectivity index (χ4n) is 5.25. The van der Waals surface area contributed by atoms with Crippen LogP contribution in [0.3, 0.4) is 0 Å². The highest BCUT2D eigenvalue weighted by atomic mass is 35.5. The lowest BCUT2D eigenvalue weighted by molar-refractivity contribution is 0.563. The molecule has 3 heterocycles. The minimum absolute atomic E-state index is 0.0568. The van der Waals surface area contributed by atoms with Crippen LogP contribution in [0.2, 0.25) is 5.02 Å². The van der Waals surface area contributed by atoms with Gasteiger partial charge in [-0.25, -0.2) is 0 Å². The van der Waals surface area contributed by atoms with E-state index in [4.69, 9.17) is 28.8 Å². The molecule has 1 N–H and O–H groups in total. The van der Waals surface area contributed by atoms with Gasteiger partial charge in [0.15, 0.2) is 5.11 Å². The molecule has 0 amide bonds. The van der Waals surface area contributed by atoms with Crippen molar-refractivity contribution in [2.24, 2.45) is 0 Å². The Hall–Kier alpha value is -3.15. The average Bonchev–Trinajstić information content (AvgIpc) is 3.28. The standard InChI is InChI=1S/C29H29ClN4S/c1-17-12-13-24(15-18(17)2)34-28(27(32-29(34)35)25-11-6-7-14-31-25)26-19(3)20(4)33(21(26)5)23-10-8-9-22(30)16-23/h6-16,27-28H,1-5H3,(H,32,35)/t27-,28+/m1/s1. The van der Waals surface area contributed by atoms with Gasteiger partial charge in [0.2, 0.25) is 0 Å². The maximum atomic E-state index is 6.37. The molecule has 4 nitrogen and oxygen atoms in total. The van der Waals surface area contributed by atoms with Crippen molar-refractivity contribution in [3.63, 3.8) is 0 Å². The molecule has 0 saturated carbocycles. The SMILES string of the molecule is Cc1ccc(N2C(=S)N[C@H](c3ccccn3)[C@@H]2c2c(C)c(C)n(-c3cccc(Cl)c3)c2C)cc1C. The Morgan fingerprint density at radius 1 is 0.857 bits per heavy atom. The van der Waals surface area contributed by atoms with Crippen molar-refractivity contribution in [3.05, 3.63) is 111 Å². The van der Waals surface area contributed by atoms with Crippen molar-refractivity contribution in [3.8, 4) is 5.69 Å². The summed E-state index contributed by atoms with van der Waals surface area (Å²) in [6.07, 6.45) is 1.85. The van der Waals surface area contributed by atoms with Gasteiger partial charge in [0, 0.05) is 39.5 Å². The number of benzene rings is 2. The number of aromatic nitrogens is 2. The lowest BCUT2D eigenvalue weighted by Gasteiger charge is -2.29. The zero-order valence-electron chi connectivity index (χ0n) is 20.6. The molecule has 0 radical (unpaired) electrons. The number of halogens is 1. The van der Waals surface area contributed by atoms with Crippen LogP contribution in [0.1, 0.15) is 51.4 Å². The Morgan fingerprint density at radius 3 is 2.34 bits per heavy atom. The summed E-state index contributed by atoms with van der Waals surface area (Å²) in [6, 6.07) is 20.5. The van der Waals surface area contributed by atoms with Gasteiger partial charge in [-0.05, 0) is 106 Å². The van der Waals surface area contributed by atoms with Crippen LogP contribution < -0.4 is 10.2 Å². The molecule has 2 aromatic carbocycles. The third-order valence-corrected chi connectivity index (χ3v) is 7.79. The Morgan fingerprint density at radius 2 is 1.66 bits per heavy atom. The first kappa shape index (κ1) is 23.6. The van der Waals surface area contributed by atoms with E-state index in [2.05, 4.69) is 79.7 Å². The number of thiocarbonyl (C=S) groups is 1. The van der Waals surface area contributed by atoms with Crippen molar-refractivity contribution in [1.82, 2.24) is 14.9 Å². The molecule has 0 spiro atoms. The van der Waals surface area contributed by atoms with E-state index in [1.807, 2.05) is 36.5 Å². The lowest BCUT2D eigenvalue weighted by Crippen LogP contribution is -2.30. The third-order valence-electron chi connectivity index (χ3n) is 7.24. The first-order valence-corrected chi connectivity index (χ1v) is 12.6. The number of nitrogens with one attached hydrogen (secondary N) is 1. The highest BCUT2D eigenvalue weighted by Gasteiger charge is 2.43. The first-order chi connectivity index (χ1) is 16.8.